The normalized spacial score (nSPS) is 10.9. The topological polar surface area (TPSA) is 56.5 Å². The Balaban J connectivity index is 2.66. The van der Waals surface area contributed by atoms with Gasteiger partial charge in [-0.1, -0.05) is 18.5 Å². The van der Waals surface area contributed by atoms with Crippen LogP contribution in [0.3, 0.4) is 0 Å². The first-order chi connectivity index (χ1) is 8.02. The number of halogens is 1. The zero-order chi connectivity index (χ0) is 12.6. The minimum atomic E-state index is 0.472. The van der Waals surface area contributed by atoms with Gasteiger partial charge in [-0.15, -0.1) is 5.10 Å². The standard InChI is InChI=1S/C11H14ClN5/c1-5-9-14-10(12)6(2)11(15-9)17-8(4)13-7(3)16-17/h5H2,1-4H3. The number of rotatable bonds is 2. The Bertz CT molecular complexity index is 561. The van der Waals surface area contributed by atoms with Crippen LogP contribution in [0.15, 0.2) is 0 Å². The van der Waals surface area contributed by atoms with Gasteiger partial charge in [0, 0.05) is 12.0 Å². The molecular weight excluding hydrogens is 238 g/mol. The number of aryl methyl sites for hydroxylation is 3. The molecule has 0 bridgehead atoms. The van der Waals surface area contributed by atoms with Gasteiger partial charge in [-0.2, -0.15) is 4.68 Å². The lowest BCUT2D eigenvalue weighted by atomic mass is 10.3. The van der Waals surface area contributed by atoms with Crippen molar-refractivity contribution in [2.75, 3.05) is 0 Å². The van der Waals surface area contributed by atoms with Crippen molar-refractivity contribution in [1.29, 1.82) is 0 Å². The zero-order valence-corrected chi connectivity index (χ0v) is 11.1. The van der Waals surface area contributed by atoms with E-state index >= 15 is 0 Å². The molecule has 0 atom stereocenters. The van der Waals surface area contributed by atoms with Gasteiger partial charge in [-0.3, -0.25) is 0 Å². The molecule has 0 radical (unpaired) electrons. The van der Waals surface area contributed by atoms with Gasteiger partial charge in [0.2, 0.25) is 0 Å². The monoisotopic (exact) mass is 251 g/mol. The van der Waals surface area contributed by atoms with Crippen molar-refractivity contribution in [3.05, 3.63) is 28.2 Å². The summed E-state index contributed by atoms with van der Waals surface area (Å²) in [5.74, 6) is 2.93. The van der Waals surface area contributed by atoms with Crippen LogP contribution >= 0.6 is 11.6 Å². The maximum absolute atomic E-state index is 6.09. The Morgan fingerprint density at radius 3 is 2.35 bits per heavy atom. The van der Waals surface area contributed by atoms with E-state index in [1.807, 2.05) is 27.7 Å². The fraction of sp³-hybridized carbons (Fsp3) is 0.455. The van der Waals surface area contributed by atoms with Crippen LogP contribution < -0.4 is 0 Å². The average Bonchev–Trinajstić information content (AvgIpc) is 2.61. The lowest BCUT2D eigenvalue weighted by Gasteiger charge is -2.08. The molecule has 2 aromatic rings. The molecule has 0 saturated carbocycles. The molecule has 0 fully saturated rings. The Morgan fingerprint density at radius 1 is 1.12 bits per heavy atom. The van der Waals surface area contributed by atoms with E-state index in [1.54, 1.807) is 4.68 Å². The van der Waals surface area contributed by atoms with Gasteiger partial charge < -0.3 is 0 Å². The highest BCUT2D eigenvalue weighted by Gasteiger charge is 2.13. The first-order valence-corrected chi connectivity index (χ1v) is 5.84. The number of hydrogen-bond donors (Lipinski definition) is 0. The van der Waals surface area contributed by atoms with E-state index in [-0.39, 0.29) is 0 Å². The van der Waals surface area contributed by atoms with Crippen molar-refractivity contribution >= 4 is 11.6 Å². The molecule has 0 amide bonds. The average molecular weight is 252 g/mol. The van der Waals surface area contributed by atoms with Crippen LogP contribution in [0.4, 0.5) is 0 Å². The van der Waals surface area contributed by atoms with Gasteiger partial charge in [-0.05, 0) is 20.8 Å². The summed E-state index contributed by atoms with van der Waals surface area (Å²) in [4.78, 5) is 12.9. The van der Waals surface area contributed by atoms with Crippen molar-refractivity contribution in [1.82, 2.24) is 24.7 Å². The molecule has 0 saturated heterocycles. The second kappa shape index (κ2) is 4.41. The van der Waals surface area contributed by atoms with Crippen LogP contribution in [0.5, 0.6) is 0 Å². The molecule has 0 spiro atoms. The van der Waals surface area contributed by atoms with Crippen molar-refractivity contribution in [2.24, 2.45) is 0 Å². The molecule has 0 aliphatic carbocycles. The lowest BCUT2D eigenvalue weighted by molar-refractivity contribution is 0.772. The molecule has 2 rings (SSSR count). The maximum Gasteiger partial charge on any atom is 0.163 e. The first-order valence-electron chi connectivity index (χ1n) is 5.46. The number of nitrogens with zero attached hydrogens (tertiary/aromatic N) is 5. The third-order valence-electron chi connectivity index (χ3n) is 2.50. The summed E-state index contributed by atoms with van der Waals surface area (Å²) in [7, 11) is 0. The number of aromatic nitrogens is 5. The second-order valence-electron chi connectivity index (χ2n) is 3.85. The fourth-order valence-electron chi connectivity index (χ4n) is 1.61. The second-order valence-corrected chi connectivity index (χ2v) is 4.21. The van der Waals surface area contributed by atoms with E-state index in [2.05, 4.69) is 20.1 Å². The summed E-state index contributed by atoms with van der Waals surface area (Å²) in [6, 6.07) is 0. The van der Waals surface area contributed by atoms with E-state index in [1.165, 1.54) is 0 Å². The van der Waals surface area contributed by atoms with Crippen LogP contribution in [0.2, 0.25) is 5.15 Å². The maximum atomic E-state index is 6.09. The van der Waals surface area contributed by atoms with Crippen LogP contribution in [0.1, 0.15) is 30.0 Å². The largest absolute Gasteiger partial charge is 0.221 e. The first kappa shape index (κ1) is 12.0. The SMILES string of the molecule is CCc1nc(Cl)c(C)c(-n2nc(C)nc2C)n1. The molecule has 6 heteroatoms. The molecule has 0 aromatic carbocycles. The van der Waals surface area contributed by atoms with E-state index in [0.29, 0.717) is 16.8 Å². The summed E-state index contributed by atoms with van der Waals surface area (Å²) in [5.41, 5.74) is 0.817. The third-order valence-corrected chi connectivity index (χ3v) is 2.87. The van der Waals surface area contributed by atoms with Gasteiger partial charge in [0.15, 0.2) is 5.82 Å². The van der Waals surface area contributed by atoms with Crippen molar-refractivity contribution in [3.8, 4) is 5.82 Å². The third kappa shape index (κ3) is 2.15. The van der Waals surface area contributed by atoms with Gasteiger partial charge in [0.05, 0.1) is 0 Å². The summed E-state index contributed by atoms with van der Waals surface area (Å²) in [5, 5.41) is 4.79. The van der Waals surface area contributed by atoms with E-state index < -0.39 is 0 Å². The van der Waals surface area contributed by atoms with Gasteiger partial charge in [0.1, 0.15) is 22.6 Å². The summed E-state index contributed by atoms with van der Waals surface area (Å²) in [6.07, 6.45) is 0.736. The van der Waals surface area contributed by atoms with Crippen molar-refractivity contribution in [3.63, 3.8) is 0 Å². The lowest BCUT2D eigenvalue weighted by Crippen LogP contribution is -2.09. The van der Waals surface area contributed by atoms with Crippen LogP contribution in [-0.4, -0.2) is 24.7 Å². The molecule has 2 aromatic heterocycles. The van der Waals surface area contributed by atoms with E-state index in [0.717, 1.165) is 23.6 Å². The molecule has 5 nitrogen and oxygen atoms in total. The summed E-state index contributed by atoms with van der Waals surface area (Å²) in [6.45, 7) is 7.61. The molecular formula is C11H14ClN5. The number of hydrogen-bond acceptors (Lipinski definition) is 4. The quantitative estimate of drug-likeness (QED) is 0.768. The summed E-state index contributed by atoms with van der Waals surface area (Å²) >= 11 is 6.09. The van der Waals surface area contributed by atoms with Gasteiger partial charge in [-0.25, -0.2) is 15.0 Å². The predicted octanol–water partition coefficient (Wildman–Crippen LogP) is 2.20. The van der Waals surface area contributed by atoms with Crippen molar-refractivity contribution < 1.29 is 0 Å². The molecule has 0 unspecified atom stereocenters. The zero-order valence-electron chi connectivity index (χ0n) is 10.3. The smallest absolute Gasteiger partial charge is 0.163 e. The Morgan fingerprint density at radius 2 is 1.82 bits per heavy atom. The molecule has 0 N–H and O–H groups in total. The van der Waals surface area contributed by atoms with Crippen LogP contribution in [0, 0.1) is 20.8 Å². The molecule has 2 heterocycles. The Labute approximate surface area is 105 Å². The van der Waals surface area contributed by atoms with Crippen LogP contribution in [-0.2, 0) is 6.42 Å². The van der Waals surface area contributed by atoms with Crippen molar-refractivity contribution in [2.45, 2.75) is 34.1 Å². The predicted molar refractivity (Wildman–Crippen MR) is 65.5 cm³/mol. The van der Waals surface area contributed by atoms with E-state index in [9.17, 15) is 0 Å². The van der Waals surface area contributed by atoms with E-state index in [4.69, 9.17) is 11.6 Å². The molecule has 90 valence electrons. The molecule has 0 aliphatic rings. The van der Waals surface area contributed by atoms with Gasteiger partial charge >= 0.3 is 0 Å². The van der Waals surface area contributed by atoms with Gasteiger partial charge in [0.25, 0.3) is 0 Å². The minimum Gasteiger partial charge on any atom is -0.221 e. The molecule has 17 heavy (non-hydrogen) atoms. The highest BCUT2D eigenvalue weighted by molar-refractivity contribution is 6.30. The Kier molecular flexibility index (Phi) is 3.11. The minimum absolute atomic E-state index is 0.472. The van der Waals surface area contributed by atoms with Crippen LogP contribution in [0.25, 0.3) is 5.82 Å². The summed E-state index contributed by atoms with van der Waals surface area (Å²) < 4.78 is 1.71. The molecule has 0 aliphatic heterocycles. The highest BCUT2D eigenvalue weighted by atomic mass is 35.5. The highest BCUT2D eigenvalue weighted by Crippen LogP contribution is 2.19. The Hall–Kier alpha value is -1.49. The fourth-order valence-corrected chi connectivity index (χ4v) is 1.79.